The summed E-state index contributed by atoms with van der Waals surface area (Å²) in [7, 11) is 0. The summed E-state index contributed by atoms with van der Waals surface area (Å²) in [5, 5.41) is 2.96. The molecule has 0 aliphatic rings. The number of nitrogens with one attached hydrogen (secondary N) is 1. The standard InChI is InChI=1S/C14H12ClFN2O/c1-9-4-10(7-17-6-9)8-18-14(19)12-5-11(15)2-3-13(12)16/h2-7H,8H2,1H3,(H,18,19). The lowest BCUT2D eigenvalue weighted by molar-refractivity contribution is 0.0947. The van der Waals surface area contributed by atoms with E-state index in [0.717, 1.165) is 11.1 Å². The zero-order valence-electron chi connectivity index (χ0n) is 10.3. The molecule has 0 aliphatic carbocycles. The van der Waals surface area contributed by atoms with E-state index in [1.54, 1.807) is 12.4 Å². The van der Waals surface area contributed by atoms with Crippen molar-refractivity contribution in [2.45, 2.75) is 13.5 Å². The van der Waals surface area contributed by atoms with Gasteiger partial charge < -0.3 is 5.32 Å². The van der Waals surface area contributed by atoms with Gasteiger partial charge in [-0.2, -0.15) is 0 Å². The number of pyridine rings is 1. The second-order valence-electron chi connectivity index (χ2n) is 4.18. The summed E-state index contributed by atoms with van der Waals surface area (Å²) in [5.74, 6) is -1.09. The van der Waals surface area contributed by atoms with E-state index in [9.17, 15) is 9.18 Å². The Morgan fingerprint density at radius 2 is 2.16 bits per heavy atom. The van der Waals surface area contributed by atoms with E-state index in [1.807, 2.05) is 13.0 Å². The fraction of sp³-hybridized carbons (Fsp3) is 0.143. The Labute approximate surface area is 115 Å². The van der Waals surface area contributed by atoms with Crippen LogP contribution in [0.2, 0.25) is 5.02 Å². The zero-order valence-corrected chi connectivity index (χ0v) is 11.0. The number of hydrogen-bond donors (Lipinski definition) is 1. The molecule has 1 aromatic heterocycles. The van der Waals surface area contributed by atoms with Crippen LogP contribution in [-0.2, 0) is 6.54 Å². The Morgan fingerprint density at radius 3 is 2.89 bits per heavy atom. The van der Waals surface area contributed by atoms with Crippen LogP contribution in [0.1, 0.15) is 21.5 Å². The first-order chi connectivity index (χ1) is 9.06. The van der Waals surface area contributed by atoms with Crippen molar-refractivity contribution < 1.29 is 9.18 Å². The van der Waals surface area contributed by atoms with Crippen molar-refractivity contribution in [3.8, 4) is 0 Å². The van der Waals surface area contributed by atoms with Crippen LogP contribution in [0.15, 0.2) is 36.7 Å². The SMILES string of the molecule is Cc1cncc(CNC(=O)c2cc(Cl)ccc2F)c1. The Hall–Kier alpha value is -1.94. The molecule has 1 aromatic carbocycles. The van der Waals surface area contributed by atoms with E-state index in [0.29, 0.717) is 11.6 Å². The molecule has 3 nitrogen and oxygen atoms in total. The van der Waals surface area contributed by atoms with Gasteiger partial charge >= 0.3 is 0 Å². The zero-order chi connectivity index (χ0) is 13.8. The van der Waals surface area contributed by atoms with Crippen LogP contribution in [0.5, 0.6) is 0 Å². The molecule has 0 saturated carbocycles. The summed E-state index contributed by atoms with van der Waals surface area (Å²) in [4.78, 5) is 15.9. The number of rotatable bonds is 3. The molecular formula is C14H12ClFN2O. The van der Waals surface area contributed by atoms with Crippen molar-refractivity contribution in [2.75, 3.05) is 0 Å². The minimum absolute atomic E-state index is 0.0619. The predicted molar refractivity (Wildman–Crippen MR) is 71.6 cm³/mol. The third kappa shape index (κ3) is 3.51. The molecule has 98 valence electrons. The minimum atomic E-state index is -0.593. The van der Waals surface area contributed by atoms with Crippen molar-refractivity contribution >= 4 is 17.5 Å². The highest BCUT2D eigenvalue weighted by Crippen LogP contribution is 2.14. The molecule has 1 heterocycles. The molecule has 2 aromatic rings. The minimum Gasteiger partial charge on any atom is -0.348 e. The third-order valence-corrected chi connectivity index (χ3v) is 2.79. The van der Waals surface area contributed by atoms with Gasteiger partial charge in [0.2, 0.25) is 0 Å². The highest BCUT2D eigenvalue weighted by atomic mass is 35.5. The van der Waals surface area contributed by atoms with E-state index in [2.05, 4.69) is 10.3 Å². The molecule has 0 saturated heterocycles. The number of carbonyl (C=O) groups is 1. The molecule has 0 atom stereocenters. The molecule has 0 unspecified atom stereocenters. The highest BCUT2D eigenvalue weighted by Gasteiger charge is 2.11. The third-order valence-electron chi connectivity index (χ3n) is 2.56. The lowest BCUT2D eigenvalue weighted by atomic mass is 10.2. The van der Waals surface area contributed by atoms with Gasteiger partial charge in [-0.15, -0.1) is 0 Å². The first kappa shape index (κ1) is 13.5. The Bertz CT molecular complexity index is 616. The van der Waals surface area contributed by atoms with Gasteiger partial charge in [0.25, 0.3) is 5.91 Å². The van der Waals surface area contributed by atoms with Crippen molar-refractivity contribution in [3.63, 3.8) is 0 Å². The van der Waals surface area contributed by atoms with Crippen molar-refractivity contribution in [1.82, 2.24) is 10.3 Å². The predicted octanol–water partition coefficient (Wildman–Crippen LogP) is 3.11. The van der Waals surface area contributed by atoms with E-state index >= 15 is 0 Å². The van der Waals surface area contributed by atoms with Gasteiger partial charge in [-0.05, 0) is 36.2 Å². The van der Waals surface area contributed by atoms with Gasteiger partial charge in [0, 0.05) is 24.0 Å². The summed E-state index contributed by atoms with van der Waals surface area (Å²) in [5.41, 5.74) is 1.80. The number of aryl methyl sites for hydroxylation is 1. The monoisotopic (exact) mass is 278 g/mol. The lowest BCUT2D eigenvalue weighted by Crippen LogP contribution is -2.24. The number of carbonyl (C=O) groups excluding carboxylic acids is 1. The van der Waals surface area contributed by atoms with Crippen LogP contribution in [-0.4, -0.2) is 10.9 Å². The first-order valence-electron chi connectivity index (χ1n) is 5.70. The number of amides is 1. The quantitative estimate of drug-likeness (QED) is 0.937. The van der Waals surface area contributed by atoms with Crippen LogP contribution in [0.4, 0.5) is 4.39 Å². The van der Waals surface area contributed by atoms with E-state index in [1.165, 1.54) is 18.2 Å². The number of aromatic nitrogens is 1. The van der Waals surface area contributed by atoms with Gasteiger partial charge in [0.05, 0.1) is 5.56 Å². The van der Waals surface area contributed by atoms with Crippen LogP contribution in [0, 0.1) is 12.7 Å². The van der Waals surface area contributed by atoms with Crippen molar-refractivity contribution in [3.05, 3.63) is 64.2 Å². The topological polar surface area (TPSA) is 42.0 Å². The summed E-state index contributed by atoms with van der Waals surface area (Å²) < 4.78 is 13.5. The highest BCUT2D eigenvalue weighted by molar-refractivity contribution is 6.30. The summed E-state index contributed by atoms with van der Waals surface area (Å²) in [6.07, 6.45) is 3.38. The fourth-order valence-electron chi connectivity index (χ4n) is 1.66. The fourth-order valence-corrected chi connectivity index (χ4v) is 1.84. The molecule has 1 amide bonds. The van der Waals surface area contributed by atoms with Gasteiger partial charge in [0.1, 0.15) is 5.82 Å². The normalized spacial score (nSPS) is 10.3. The summed E-state index contributed by atoms with van der Waals surface area (Å²) >= 11 is 5.74. The molecule has 0 spiro atoms. The van der Waals surface area contributed by atoms with Crippen molar-refractivity contribution in [2.24, 2.45) is 0 Å². The van der Waals surface area contributed by atoms with E-state index in [4.69, 9.17) is 11.6 Å². The average Bonchev–Trinajstić information content (AvgIpc) is 2.39. The number of nitrogens with zero attached hydrogens (tertiary/aromatic N) is 1. The van der Waals surface area contributed by atoms with Gasteiger partial charge in [-0.25, -0.2) is 4.39 Å². The maximum absolute atomic E-state index is 13.5. The van der Waals surface area contributed by atoms with E-state index < -0.39 is 11.7 Å². The lowest BCUT2D eigenvalue weighted by Gasteiger charge is -2.07. The largest absolute Gasteiger partial charge is 0.348 e. The Balaban J connectivity index is 2.07. The number of halogens is 2. The molecular weight excluding hydrogens is 267 g/mol. The molecule has 5 heteroatoms. The van der Waals surface area contributed by atoms with E-state index in [-0.39, 0.29) is 5.56 Å². The maximum Gasteiger partial charge on any atom is 0.254 e. The summed E-state index contributed by atoms with van der Waals surface area (Å²) in [6.45, 7) is 2.20. The van der Waals surface area contributed by atoms with Gasteiger partial charge in [-0.3, -0.25) is 9.78 Å². The summed E-state index contributed by atoms with van der Waals surface area (Å²) in [6, 6.07) is 5.78. The number of hydrogen-bond acceptors (Lipinski definition) is 2. The second kappa shape index (κ2) is 5.80. The van der Waals surface area contributed by atoms with Crippen LogP contribution < -0.4 is 5.32 Å². The molecule has 0 bridgehead atoms. The number of benzene rings is 1. The maximum atomic E-state index is 13.5. The van der Waals surface area contributed by atoms with Gasteiger partial charge in [-0.1, -0.05) is 17.7 Å². The molecule has 0 aliphatic heterocycles. The average molecular weight is 279 g/mol. The Kier molecular flexibility index (Phi) is 4.12. The van der Waals surface area contributed by atoms with Crippen LogP contribution in [0.3, 0.4) is 0 Å². The second-order valence-corrected chi connectivity index (χ2v) is 4.61. The Morgan fingerprint density at radius 1 is 1.37 bits per heavy atom. The smallest absolute Gasteiger partial charge is 0.254 e. The molecule has 19 heavy (non-hydrogen) atoms. The van der Waals surface area contributed by atoms with Crippen LogP contribution >= 0.6 is 11.6 Å². The molecule has 2 rings (SSSR count). The first-order valence-corrected chi connectivity index (χ1v) is 6.08. The van der Waals surface area contributed by atoms with Gasteiger partial charge in [0.15, 0.2) is 0 Å². The molecule has 0 fully saturated rings. The molecule has 1 N–H and O–H groups in total. The van der Waals surface area contributed by atoms with Crippen molar-refractivity contribution in [1.29, 1.82) is 0 Å². The van der Waals surface area contributed by atoms with Crippen LogP contribution in [0.25, 0.3) is 0 Å². The molecule has 0 radical (unpaired) electrons.